The molecular weight excluding hydrogens is 307 g/mol. The number of rotatable bonds is 4. The standard InChI is InChI=1S/C14H23N2O5P/c1-14(20)10(17)9(5-6-22(2,3)4)21-11(14)8-7-15-13(19)16-12(8)18/h7,9-11,17,20H,2,5-6H2,1,3-4H3,(H2,15,16,18,19)/t9-,10-,11?,14-/m1/s1. The molecule has 0 spiro atoms. The van der Waals surface area contributed by atoms with Gasteiger partial charge in [0.2, 0.25) is 0 Å². The number of ether oxygens (including phenoxy) is 1. The van der Waals surface area contributed by atoms with Crippen LogP contribution in [0.1, 0.15) is 25.0 Å². The van der Waals surface area contributed by atoms with Gasteiger partial charge in [0, 0.05) is 6.20 Å². The summed E-state index contributed by atoms with van der Waals surface area (Å²) in [6.45, 7) is 4.31. The normalized spacial score (nSPS) is 32.3. The van der Waals surface area contributed by atoms with Crippen molar-refractivity contribution >= 4 is 13.2 Å². The SMILES string of the molecule is C=P(C)(C)CC[C@H]1OC(c2c[nH]c(=O)[nH]c2=O)[C@](C)(O)[C@@H]1O. The fourth-order valence-corrected chi connectivity index (χ4v) is 3.58. The summed E-state index contributed by atoms with van der Waals surface area (Å²) >= 11 is 0. The van der Waals surface area contributed by atoms with E-state index in [0.29, 0.717) is 6.42 Å². The molecule has 1 aromatic heterocycles. The fraction of sp³-hybridized carbons (Fsp3) is 0.643. The number of aromatic amines is 2. The van der Waals surface area contributed by atoms with Gasteiger partial charge in [0.25, 0.3) is 5.56 Å². The van der Waals surface area contributed by atoms with Gasteiger partial charge >= 0.3 is 5.69 Å². The zero-order valence-corrected chi connectivity index (χ0v) is 13.9. The summed E-state index contributed by atoms with van der Waals surface area (Å²) in [4.78, 5) is 27.4. The topological polar surface area (TPSA) is 115 Å². The minimum Gasteiger partial charge on any atom is -0.387 e. The lowest BCUT2D eigenvalue weighted by atomic mass is 9.89. The van der Waals surface area contributed by atoms with E-state index in [-0.39, 0.29) is 5.56 Å². The van der Waals surface area contributed by atoms with E-state index in [1.54, 1.807) is 0 Å². The summed E-state index contributed by atoms with van der Waals surface area (Å²) in [5.41, 5.74) is -2.78. The van der Waals surface area contributed by atoms with Crippen molar-refractivity contribution in [3.63, 3.8) is 0 Å². The molecule has 1 saturated heterocycles. The van der Waals surface area contributed by atoms with Gasteiger partial charge in [-0.15, -0.1) is 13.2 Å². The molecule has 7 nitrogen and oxygen atoms in total. The summed E-state index contributed by atoms with van der Waals surface area (Å²) in [6, 6.07) is 0. The first-order valence-corrected chi connectivity index (χ1v) is 10.1. The van der Waals surface area contributed by atoms with Crippen LogP contribution in [0.5, 0.6) is 0 Å². The zero-order chi connectivity index (χ0) is 16.7. The molecule has 4 atom stereocenters. The third-order valence-electron chi connectivity index (χ3n) is 3.94. The summed E-state index contributed by atoms with van der Waals surface area (Å²) in [7, 11) is 0. The van der Waals surface area contributed by atoms with Crippen LogP contribution in [-0.4, -0.2) is 63.8 Å². The molecule has 22 heavy (non-hydrogen) atoms. The molecule has 4 N–H and O–H groups in total. The molecule has 8 heteroatoms. The van der Waals surface area contributed by atoms with E-state index in [4.69, 9.17) is 4.74 Å². The number of hydrogen-bond donors (Lipinski definition) is 4. The Labute approximate surface area is 128 Å². The van der Waals surface area contributed by atoms with Gasteiger partial charge in [-0.25, -0.2) is 4.79 Å². The lowest BCUT2D eigenvalue weighted by Gasteiger charge is -2.26. The van der Waals surface area contributed by atoms with Crippen molar-refractivity contribution < 1.29 is 14.9 Å². The van der Waals surface area contributed by atoms with E-state index in [1.165, 1.54) is 13.1 Å². The minimum atomic E-state index is -1.61. The number of aromatic nitrogens is 2. The molecule has 2 heterocycles. The molecule has 1 fully saturated rings. The summed E-state index contributed by atoms with van der Waals surface area (Å²) < 4.78 is 5.74. The average molecular weight is 330 g/mol. The quantitative estimate of drug-likeness (QED) is 0.567. The van der Waals surface area contributed by atoms with Crippen molar-refractivity contribution in [2.45, 2.75) is 37.3 Å². The summed E-state index contributed by atoms with van der Waals surface area (Å²) in [6.07, 6.45) is 3.99. The van der Waals surface area contributed by atoms with Crippen LogP contribution in [0, 0.1) is 0 Å². The van der Waals surface area contributed by atoms with Crippen molar-refractivity contribution in [2.75, 3.05) is 19.5 Å². The first-order valence-electron chi connectivity index (χ1n) is 7.07. The van der Waals surface area contributed by atoms with Gasteiger partial charge in [0.15, 0.2) is 0 Å². The van der Waals surface area contributed by atoms with Crippen LogP contribution < -0.4 is 11.2 Å². The molecular formula is C14H23N2O5P. The molecule has 1 aliphatic heterocycles. The smallest absolute Gasteiger partial charge is 0.325 e. The Morgan fingerprint density at radius 3 is 2.64 bits per heavy atom. The molecule has 1 unspecified atom stereocenters. The predicted molar refractivity (Wildman–Crippen MR) is 87.3 cm³/mol. The van der Waals surface area contributed by atoms with E-state index in [9.17, 15) is 19.8 Å². The van der Waals surface area contributed by atoms with E-state index in [0.717, 1.165) is 6.16 Å². The number of aliphatic hydroxyl groups excluding tert-OH is 1. The first-order chi connectivity index (χ1) is 10.0. The van der Waals surface area contributed by atoms with Crippen molar-refractivity contribution in [1.29, 1.82) is 0 Å². The molecule has 0 aromatic carbocycles. The van der Waals surface area contributed by atoms with Crippen LogP contribution in [0.25, 0.3) is 0 Å². The fourth-order valence-electron chi connectivity index (χ4n) is 2.62. The van der Waals surface area contributed by atoms with Crippen molar-refractivity contribution in [1.82, 2.24) is 9.97 Å². The monoisotopic (exact) mass is 330 g/mol. The minimum absolute atomic E-state index is 0.0924. The van der Waals surface area contributed by atoms with Crippen LogP contribution in [0.2, 0.25) is 0 Å². The molecule has 0 aliphatic carbocycles. The highest BCUT2D eigenvalue weighted by atomic mass is 31.2. The lowest BCUT2D eigenvalue weighted by Crippen LogP contribution is -2.43. The summed E-state index contributed by atoms with van der Waals surface area (Å²) in [5, 5.41) is 20.9. The Morgan fingerprint density at radius 2 is 2.09 bits per heavy atom. The van der Waals surface area contributed by atoms with Gasteiger partial charge in [0.05, 0.1) is 11.7 Å². The van der Waals surface area contributed by atoms with Gasteiger partial charge in [-0.05, 0) is 32.8 Å². The van der Waals surface area contributed by atoms with Crippen molar-refractivity contribution in [3.05, 3.63) is 32.6 Å². The molecule has 1 aromatic rings. The van der Waals surface area contributed by atoms with Crippen LogP contribution in [0.4, 0.5) is 0 Å². The number of aliphatic hydroxyl groups is 2. The second-order valence-electron chi connectivity index (χ2n) is 6.70. The number of hydrogen-bond acceptors (Lipinski definition) is 5. The highest BCUT2D eigenvalue weighted by molar-refractivity contribution is 7.72. The molecule has 1 aliphatic rings. The van der Waals surface area contributed by atoms with Crippen LogP contribution in [0.3, 0.4) is 0 Å². The van der Waals surface area contributed by atoms with Crippen molar-refractivity contribution in [3.8, 4) is 0 Å². The Balaban J connectivity index is 2.28. The molecule has 0 radical (unpaired) electrons. The first kappa shape index (κ1) is 17.2. The van der Waals surface area contributed by atoms with Crippen LogP contribution in [0.15, 0.2) is 15.8 Å². The van der Waals surface area contributed by atoms with E-state index in [1.807, 2.05) is 0 Å². The molecule has 0 amide bonds. The number of H-pyrrole nitrogens is 2. The van der Waals surface area contributed by atoms with E-state index >= 15 is 0 Å². The van der Waals surface area contributed by atoms with Gasteiger partial charge in [0.1, 0.15) is 17.8 Å². The Morgan fingerprint density at radius 1 is 1.45 bits per heavy atom. The zero-order valence-electron chi connectivity index (χ0n) is 13.0. The third kappa shape index (κ3) is 3.43. The second kappa shape index (κ2) is 5.81. The van der Waals surface area contributed by atoms with Gasteiger partial charge in [-0.2, -0.15) is 0 Å². The Hall–Kier alpha value is -1.14. The molecule has 2 rings (SSSR count). The predicted octanol–water partition coefficient (Wildman–Crippen LogP) is -0.286. The van der Waals surface area contributed by atoms with Gasteiger partial charge in [-0.1, -0.05) is 0 Å². The second-order valence-corrected chi connectivity index (χ2v) is 11.0. The van der Waals surface area contributed by atoms with Crippen LogP contribution in [-0.2, 0) is 4.74 Å². The summed E-state index contributed by atoms with van der Waals surface area (Å²) in [5.74, 6) is 0. The third-order valence-corrected chi connectivity index (χ3v) is 5.41. The van der Waals surface area contributed by atoms with Crippen molar-refractivity contribution in [2.24, 2.45) is 0 Å². The Kier molecular flexibility index (Phi) is 4.55. The van der Waals surface area contributed by atoms with Gasteiger partial charge < -0.3 is 19.9 Å². The molecule has 0 saturated carbocycles. The maximum Gasteiger partial charge on any atom is 0.325 e. The lowest BCUT2D eigenvalue weighted by molar-refractivity contribution is -0.0651. The van der Waals surface area contributed by atoms with Gasteiger partial charge in [-0.3, -0.25) is 9.78 Å². The highest BCUT2D eigenvalue weighted by Crippen LogP contribution is 2.44. The highest BCUT2D eigenvalue weighted by Gasteiger charge is 2.53. The maximum absolute atomic E-state index is 11.9. The maximum atomic E-state index is 11.9. The van der Waals surface area contributed by atoms with E-state index < -0.39 is 42.0 Å². The number of nitrogens with one attached hydrogen (secondary N) is 2. The van der Waals surface area contributed by atoms with E-state index in [2.05, 4.69) is 29.6 Å². The Bertz CT molecular complexity index is 702. The average Bonchev–Trinajstić information content (AvgIpc) is 2.59. The molecule has 0 bridgehead atoms. The van der Waals surface area contributed by atoms with Crippen LogP contribution >= 0.6 is 6.89 Å². The molecule has 124 valence electrons. The largest absolute Gasteiger partial charge is 0.387 e.